The first-order chi connectivity index (χ1) is 9.88. The Morgan fingerprint density at radius 2 is 2.29 bits per heavy atom. The molecule has 1 aromatic heterocycles. The molecule has 2 heterocycles. The summed E-state index contributed by atoms with van der Waals surface area (Å²) in [4.78, 5) is 11.7. The van der Waals surface area contributed by atoms with Crippen LogP contribution in [0.15, 0.2) is 16.3 Å². The Morgan fingerprint density at radius 1 is 1.52 bits per heavy atom. The number of rotatable bonds is 6. The third-order valence-electron chi connectivity index (χ3n) is 3.28. The standard InChI is InChI=1S/C13H20N2O4S2/c1-9(12-4-3-7-19-12)15-21(17,18)13-6-5-11(20-13)8-14-10(2)16/h5-6,9,12,15H,3-4,7-8H2,1-2H3,(H,14,16)/t9-,12+/m0/s1. The number of hydrogen-bond acceptors (Lipinski definition) is 5. The zero-order valence-electron chi connectivity index (χ0n) is 12.1. The van der Waals surface area contributed by atoms with Gasteiger partial charge in [0.1, 0.15) is 4.21 Å². The molecule has 0 saturated carbocycles. The predicted molar refractivity (Wildman–Crippen MR) is 80.6 cm³/mol. The maximum Gasteiger partial charge on any atom is 0.250 e. The average Bonchev–Trinajstić information content (AvgIpc) is 3.07. The third kappa shape index (κ3) is 4.50. The van der Waals surface area contributed by atoms with Crippen LogP contribution in [0.3, 0.4) is 0 Å². The number of hydrogen-bond donors (Lipinski definition) is 2. The van der Waals surface area contributed by atoms with Crippen LogP contribution in [0.2, 0.25) is 0 Å². The number of thiophene rings is 1. The molecular weight excluding hydrogens is 312 g/mol. The predicted octanol–water partition coefficient (Wildman–Crippen LogP) is 1.23. The summed E-state index contributed by atoms with van der Waals surface area (Å²) in [6.45, 7) is 4.28. The summed E-state index contributed by atoms with van der Waals surface area (Å²) in [5.41, 5.74) is 0. The van der Waals surface area contributed by atoms with Crippen LogP contribution in [0.4, 0.5) is 0 Å². The van der Waals surface area contributed by atoms with E-state index in [9.17, 15) is 13.2 Å². The van der Waals surface area contributed by atoms with Crippen molar-refractivity contribution in [3.05, 3.63) is 17.0 Å². The van der Waals surface area contributed by atoms with Crippen molar-refractivity contribution in [2.75, 3.05) is 6.61 Å². The zero-order valence-corrected chi connectivity index (χ0v) is 13.7. The van der Waals surface area contributed by atoms with Gasteiger partial charge in [0.25, 0.3) is 0 Å². The van der Waals surface area contributed by atoms with Crippen molar-refractivity contribution in [1.29, 1.82) is 0 Å². The summed E-state index contributed by atoms with van der Waals surface area (Å²) < 4.78 is 33.0. The van der Waals surface area contributed by atoms with Crippen LogP contribution in [0, 0.1) is 0 Å². The molecule has 0 radical (unpaired) electrons. The minimum absolute atomic E-state index is 0.0569. The van der Waals surface area contributed by atoms with E-state index in [4.69, 9.17) is 4.74 Å². The molecule has 118 valence electrons. The Bertz CT molecular complexity index is 591. The first-order valence-corrected chi connectivity index (χ1v) is 9.15. The van der Waals surface area contributed by atoms with Gasteiger partial charge in [-0.05, 0) is 31.9 Å². The fourth-order valence-electron chi connectivity index (χ4n) is 2.18. The lowest BCUT2D eigenvalue weighted by molar-refractivity contribution is -0.119. The van der Waals surface area contributed by atoms with E-state index in [0.29, 0.717) is 13.2 Å². The lowest BCUT2D eigenvalue weighted by atomic mass is 10.1. The lowest BCUT2D eigenvalue weighted by Crippen LogP contribution is -2.40. The Labute approximate surface area is 128 Å². The molecule has 1 fully saturated rings. The average molecular weight is 332 g/mol. The fourth-order valence-corrected chi connectivity index (χ4v) is 4.77. The van der Waals surface area contributed by atoms with Gasteiger partial charge in [-0.2, -0.15) is 0 Å². The van der Waals surface area contributed by atoms with Crippen molar-refractivity contribution in [1.82, 2.24) is 10.0 Å². The molecule has 8 heteroatoms. The quantitative estimate of drug-likeness (QED) is 0.820. The minimum atomic E-state index is -3.54. The number of sulfonamides is 1. The Hall–Kier alpha value is -0.960. The zero-order chi connectivity index (χ0) is 15.5. The minimum Gasteiger partial charge on any atom is -0.377 e. The molecule has 0 unspecified atom stereocenters. The van der Waals surface area contributed by atoms with Gasteiger partial charge in [0.15, 0.2) is 0 Å². The molecule has 0 bridgehead atoms. The van der Waals surface area contributed by atoms with E-state index in [-0.39, 0.29) is 22.3 Å². The van der Waals surface area contributed by atoms with Crippen LogP contribution in [-0.2, 0) is 26.1 Å². The smallest absolute Gasteiger partial charge is 0.250 e. The largest absolute Gasteiger partial charge is 0.377 e. The summed E-state index contributed by atoms with van der Waals surface area (Å²) in [5, 5.41) is 2.65. The van der Waals surface area contributed by atoms with E-state index >= 15 is 0 Å². The summed E-state index contributed by atoms with van der Waals surface area (Å²) in [6.07, 6.45) is 1.79. The Balaban J connectivity index is 2.00. The van der Waals surface area contributed by atoms with Crippen molar-refractivity contribution in [2.45, 2.75) is 49.6 Å². The third-order valence-corrected chi connectivity index (χ3v) is 6.41. The van der Waals surface area contributed by atoms with E-state index in [1.165, 1.54) is 6.92 Å². The van der Waals surface area contributed by atoms with Crippen LogP contribution in [0.25, 0.3) is 0 Å². The molecular formula is C13H20N2O4S2. The Morgan fingerprint density at radius 3 is 2.90 bits per heavy atom. The first kappa shape index (κ1) is 16.4. The maximum absolute atomic E-state index is 12.3. The normalized spacial score (nSPS) is 20.4. The molecule has 1 aliphatic rings. The second kappa shape index (κ2) is 6.87. The summed E-state index contributed by atoms with van der Waals surface area (Å²) >= 11 is 1.16. The first-order valence-electron chi connectivity index (χ1n) is 6.85. The molecule has 2 atom stereocenters. The van der Waals surface area contributed by atoms with Gasteiger partial charge >= 0.3 is 0 Å². The van der Waals surface area contributed by atoms with Gasteiger partial charge in [-0.15, -0.1) is 11.3 Å². The molecule has 2 N–H and O–H groups in total. The molecule has 21 heavy (non-hydrogen) atoms. The lowest BCUT2D eigenvalue weighted by Gasteiger charge is -2.19. The molecule has 1 saturated heterocycles. The van der Waals surface area contributed by atoms with Crippen LogP contribution >= 0.6 is 11.3 Å². The maximum atomic E-state index is 12.3. The van der Waals surface area contributed by atoms with Crippen molar-refractivity contribution in [3.63, 3.8) is 0 Å². The molecule has 6 nitrogen and oxygen atoms in total. The monoisotopic (exact) mass is 332 g/mol. The molecule has 1 aliphatic heterocycles. The van der Waals surface area contributed by atoms with Gasteiger partial charge in [-0.25, -0.2) is 13.1 Å². The molecule has 0 aromatic carbocycles. The topological polar surface area (TPSA) is 84.5 Å². The van der Waals surface area contributed by atoms with Crippen LogP contribution in [-0.4, -0.2) is 33.1 Å². The van der Waals surface area contributed by atoms with Gasteiger partial charge < -0.3 is 10.1 Å². The van der Waals surface area contributed by atoms with Crippen molar-refractivity contribution < 1.29 is 17.9 Å². The number of ether oxygens (including phenoxy) is 1. The van der Waals surface area contributed by atoms with Gasteiger partial charge in [-0.1, -0.05) is 0 Å². The van der Waals surface area contributed by atoms with Gasteiger partial charge in [0.05, 0.1) is 12.6 Å². The van der Waals surface area contributed by atoms with E-state index in [0.717, 1.165) is 29.1 Å². The van der Waals surface area contributed by atoms with E-state index in [1.54, 1.807) is 12.1 Å². The fraction of sp³-hybridized carbons (Fsp3) is 0.615. The van der Waals surface area contributed by atoms with Crippen LogP contribution in [0.5, 0.6) is 0 Å². The molecule has 1 aromatic rings. The second-order valence-corrected chi connectivity index (χ2v) is 8.20. The molecule has 2 rings (SSSR count). The summed E-state index contributed by atoms with van der Waals surface area (Å²) in [7, 11) is -3.54. The second-order valence-electron chi connectivity index (χ2n) is 5.09. The highest BCUT2D eigenvalue weighted by Crippen LogP contribution is 2.23. The van der Waals surface area contributed by atoms with E-state index < -0.39 is 10.0 Å². The van der Waals surface area contributed by atoms with E-state index in [1.807, 2.05) is 6.92 Å². The van der Waals surface area contributed by atoms with Gasteiger partial charge in [0.2, 0.25) is 15.9 Å². The number of amides is 1. The summed E-state index contributed by atoms with van der Waals surface area (Å²) in [6, 6.07) is 3.02. The highest BCUT2D eigenvalue weighted by Gasteiger charge is 2.27. The van der Waals surface area contributed by atoms with Crippen molar-refractivity contribution >= 4 is 27.3 Å². The highest BCUT2D eigenvalue weighted by atomic mass is 32.2. The number of nitrogens with one attached hydrogen (secondary N) is 2. The van der Waals surface area contributed by atoms with Crippen molar-refractivity contribution in [3.8, 4) is 0 Å². The highest BCUT2D eigenvalue weighted by molar-refractivity contribution is 7.91. The summed E-state index contributed by atoms with van der Waals surface area (Å²) in [5.74, 6) is -0.141. The SMILES string of the molecule is CC(=O)NCc1ccc(S(=O)(=O)N[C@@H](C)[C@H]2CCCO2)s1. The number of carbonyl (C=O) groups is 1. The molecule has 0 spiro atoms. The van der Waals surface area contributed by atoms with Crippen molar-refractivity contribution in [2.24, 2.45) is 0 Å². The molecule has 1 amide bonds. The van der Waals surface area contributed by atoms with Crippen LogP contribution < -0.4 is 10.0 Å². The van der Waals surface area contributed by atoms with Gasteiger partial charge in [0, 0.05) is 24.4 Å². The number of carbonyl (C=O) groups excluding carboxylic acids is 1. The van der Waals surface area contributed by atoms with Gasteiger partial charge in [-0.3, -0.25) is 4.79 Å². The van der Waals surface area contributed by atoms with Crippen LogP contribution in [0.1, 0.15) is 31.6 Å². The van der Waals surface area contributed by atoms with E-state index in [2.05, 4.69) is 10.0 Å². The molecule has 0 aliphatic carbocycles. The Kier molecular flexibility index (Phi) is 5.37.